The molecule has 0 atom stereocenters. The Hall–Kier alpha value is -4.63. The molecule has 0 radical (unpaired) electrons. The molecule has 6 rings (SSSR count). The van der Waals surface area contributed by atoms with Crippen molar-refractivity contribution in [2.24, 2.45) is 0 Å². The smallest absolute Gasteiger partial charge is 0.227 e. The number of carbonyl (C=O) groups excluding carboxylic acids is 1. The molecule has 2 aliphatic heterocycles. The van der Waals surface area contributed by atoms with Crippen LogP contribution in [0.25, 0.3) is 11.3 Å². The average molecular weight is 610 g/mol. The Labute approximate surface area is 262 Å². The first kappa shape index (κ1) is 30.4. The van der Waals surface area contributed by atoms with E-state index >= 15 is 4.39 Å². The van der Waals surface area contributed by atoms with Gasteiger partial charge in [0.1, 0.15) is 11.6 Å². The summed E-state index contributed by atoms with van der Waals surface area (Å²) in [6, 6.07) is 17.9. The molecule has 0 amide bonds. The van der Waals surface area contributed by atoms with Gasteiger partial charge in [0.05, 0.1) is 24.6 Å². The summed E-state index contributed by atoms with van der Waals surface area (Å²) in [7, 11) is 0. The van der Waals surface area contributed by atoms with Gasteiger partial charge in [0, 0.05) is 67.7 Å². The van der Waals surface area contributed by atoms with Gasteiger partial charge in [-0.25, -0.2) is 18.7 Å². The van der Waals surface area contributed by atoms with Gasteiger partial charge in [0.15, 0.2) is 5.78 Å². The zero-order chi connectivity index (χ0) is 31.2. The van der Waals surface area contributed by atoms with E-state index in [1.165, 1.54) is 43.5 Å². The van der Waals surface area contributed by atoms with Gasteiger partial charge in [-0.05, 0) is 85.0 Å². The quantitative estimate of drug-likeness (QED) is 0.197. The maximum absolute atomic E-state index is 15.3. The molecule has 2 fully saturated rings. The molecule has 2 saturated heterocycles. The summed E-state index contributed by atoms with van der Waals surface area (Å²) in [5, 5.41) is 3.32. The van der Waals surface area contributed by atoms with Crippen LogP contribution in [0, 0.1) is 11.6 Å². The predicted molar refractivity (Wildman–Crippen MR) is 174 cm³/mol. The second-order valence-electron chi connectivity index (χ2n) is 11.5. The third-order valence-electron chi connectivity index (χ3n) is 8.28. The van der Waals surface area contributed by atoms with Crippen LogP contribution >= 0.6 is 0 Å². The molecule has 232 valence electrons. The highest BCUT2D eigenvalue weighted by atomic mass is 19.1. The molecule has 1 N–H and O–H groups in total. The summed E-state index contributed by atoms with van der Waals surface area (Å²) in [5.41, 5.74) is 5.50. The van der Waals surface area contributed by atoms with E-state index in [0.717, 1.165) is 30.0 Å². The van der Waals surface area contributed by atoms with E-state index in [-0.39, 0.29) is 18.0 Å². The van der Waals surface area contributed by atoms with Crippen molar-refractivity contribution in [2.45, 2.75) is 32.1 Å². The number of ketones is 1. The third kappa shape index (κ3) is 7.54. The topological polar surface area (TPSA) is 70.6 Å². The number of nitrogens with zero attached hydrogens (tertiary/aromatic N) is 4. The van der Waals surface area contributed by atoms with Crippen LogP contribution in [0.4, 0.5) is 31.8 Å². The summed E-state index contributed by atoms with van der Waals surface area (Å²) in [6.07, 6.45) is 6.90. The van der Waals surface area contributed by atoms with Crippen molar-refractivity contribution in [3.8, 4) is 11.3 Å². The first-order valence-corrected chi connectivity index (χ1v) is 15.5. The predicted octanol–water partition coefficient (Wildman–Crippen LogP) is 6.88. The summed E-state index contributed by atoms with van der Waals surface area (Å²) in [4.78, 5) is 25.9. The Bertz CT molecular complexity index is 1680. The monoisotopic (exact) mass is 609 g/mol. The number of nitrogens with one attached hydrogen (secondary N) is 1. The van der Waals surface area contributed by atoms with E-state index in [0.29, 0.717) is 66.7 Å². The fraction of sp³-hybridized carbons (Fsp3) is 0.306. The van der Waals surface area contributed by atoms with Gasteiger partial charge in [0.25, 0.3) is 0 Å². The molecular formula is C36H37F2N5O2. The maximum Gasteiger partial charge on any atom is 0.227 e. The largest absolute Gasteiger partial charge is 0.378 e. The van der Waals surface area contributed by atoms with E-state index < -0.39 is 5.82 Å². The second kappa shape index (κ2) is 14.0. The number of rotatable bonds is 10. The zero-order valence-electron chi connectivity index (χ0n) is 25.3. The lowest BCUT2D eigenvalue weighted by Gasteiger charge is -2.29. The van der Waals surface area contributed by atoms with Gasteiger partial charge < -0.3 is 19.9 Å². The highest BCUT2D eigenvalue weighted by Crippen LogP contribution is 2.30. The molecule has 7 nitrogen and oxygen atoms in total. The number of halogens is 2. The first-order valence-electron chi connectivity index (χ1n) is 15.5. The molecule has 3 heterocycles. The van der Waals surface area contributed by atoms with Gasteiger partial charge in [-0.3, -0.25) is 4.79 Å². The minimum Gasteiger partial charge on any atom is -0.378 e. The van der Waals surface area contributed by atoms with Crippen LogP contribution in [0.2, 0.25) is 0 Å². The number of anilines is 4. The summed E-state index contributed by atoms with van der Waals surface area (Å²) in [5.74, 6) is -0.638. The van der Waals surface area contributed by atoms with Gasteiger partial charge in [-0.1, -0.05) is 18.7 Å². The second-order valence-corrected chi connectivity index (χ2v) is 11.5. The Kier molecular flexibility index (Phi) is 9.45. The fourth-order valence-corrected chi connectivity index (χ4v) is 6.01. The van der Waals surface area contributed by atoms with Crippen molar-refractivity contribution in [2.75, 3.05) is 54.5 Å². The lowest BCUT2D eigenvalue weighted by atomic mass is 9.97. The van der Waals surface area contributed by atoms with Crippen LogP contribution in [0.3, 0.4) is 0 Å². The van der Waals surface area contributed by atoms with E-state index in [1.54, 1.807) is 18.3 Å². The van der Waals surface area contributed by atoms with Gasteiger partial charge in [-0.15, -0.1) is 0 Å². The van der Waals surface area contributed by atoms with Crippen molar-refractivity contribution in [1.29, 1.82) is 0 Å². The number of ether oxygens (including phenoxy) is 1. The highest BCUT2D eigenvalue weighted by molar-refractivity contribution is 5.91. The minimum atomic E-state index is -0.478. The summed E-state index contributed by atoms with van der Waals surface area (Å²) >= 11 is 0. The SMILES string of the molecule is C=CC(=O)Cc1cc(F)cc(-c2nc(Nc3cccc(N4CCCCC4)c3)ncc2Cc2ccc(N3CCOCC3)c(F)c2)c1. The Morgan fingerprint density at radius 3 is 2.53 bits per heavy atom. The molecule has 0 spiro atoms. The van der Waals surface area contributed by atoms with E-state index in [9.17, 15) is 9.18 Å². The van der Waals surface area contributed by atoms with Crippen molar-refractivity contribution < 1.29 is 18.3 Å². The van der Waals surface area contributed by atoms with Crippen LogP contribution in [0.1, 0.15) is 36.0 Å². The van der Waals surface area contributed by atoms with Gasteiger partial charge in [-0.2, -0.15) is 0 Å². The molecule has 0 aliphatic carbocycles. The number of carbonyl (C=O) groups is 1. The van der Waals surface area contributed by atoms with E-state index in [1.807, 2.05) is 23.1 Å². The lowest BCUT2D eigenvalue weighted by Crippen LogP contribution is -2.36. The van der Waals surface area contributed by atoms with Gasteiger partial charge in [0.2, 0.25) is 5.95 Å². The molecule has 9 heteroatoms. The fourth-order valence-electron chi connectivity index (χ4n) is 6.01. The molecule has 0 bridgehead atoms. The van der Waals surface area contributed by atoms with Crippen LogP contribution in [0.5, 0.6) is 0 Å². The molecule has 4 aromatic rings. The number of aromatic nitrogens is 2. The molecule has 0 saturated carbocycles. The third-order valence-corrected chi connectivity index (χ3v) is 8.28. The highest BCUT2D eigenvalue weighted by Gasteiger charge is 2.18. The number of hydrogen-bond acceptors (Lipinski definition) is 7. The number of benzene rings is 3. The Balaban J connectivity index is 1.33. The Morgan fingerprint density at radius 1 is 0.933 bits per heavy atom. The van der Waals surface area contributed by atoms with Crippen LogP contribution in [-0.2, 0) is 22.4 Å². The Morgan fingerprint density at radius 2 is 1.76 bits per heavy atom. The standard InChI is InChI=1S/C36H37F2N5O2/c1-2-32(44)20-26-18-27(22-29(37)19-26)35-28(17-25-9-10-34(33(38)21-25)43-13-15-45-16-14-43)24-39-36(41-35)40-30-7-6-8-31(23-30)42-11-4-3-5-12-42/h2,6-10,18-19,21-24H,1,3-5,11-17,20H2,(H,39,40,41). The van der Waals surface area contributed by atoms with Crippen molar-refractivity contribution >= 4 is 28.8 Å². The molecule has 45 heavy (non-hydrogen) atoms. The van der Waals surface area contributed by atoms with Gasteiger partial charge >= 0.3 is 0 Å². The molecule has 0 unspecified atom stereocenters. The lowest BCUT2D eigenvalue weighted by molar-refractivity contribution is -0.114. The van der Waals surface area contributed by atoms with E-state index in [4.69, 9.17) is 9.72 Å². The average Bonchev–Trinajstić information content (AvgIpc) is 3.06. The number of hydrogen-bond donors (Lipinski definition) is 1. The summed E-state index contributed by atoms with van der Waals surface area (Å²) in [6.45, 7) is 8.01. The van der Waals surface area contributed by atoms with Crippen LogP contribution in [0.15, 0.2) is 79.5 Å². The normalized spacial score (nSPS) is 15.2. The van der Waals surface area contributed by atoms with Crippen molar-refractivity contribution in [3.05, 3.63) is 108 Å². The van der Waals surface area contributed by atoms with Crippen molar-refractivity contribution in [3.63, 3.8) is 0 Å². The summed E-state index contributed by atoms with van der Waals surface area (Å²) < 4.78 is 35.6. The minimum absolute atomic E-state index is 0.0251. The molecule has 1 aromatic heterocycles. The number of morpholine rings is 1. The molecule has 2 aliphatic rings. The van der Waals surface area contributed by atoms with E-state index in [2.05, 4.69) is 33.9 Å². The van der Waals surface area contributed by atoms with Crippen LogP contribution < -0.4 is 15.1 Å². The number of allylic oxidation sites excluding steroid dienone is 1. The molecular weight excluding hydrogens is 572 g/mol. The number of piperidine rings is 1. The molecule has 3 aromatic carbocycles. The first-order chi connectivity index (χ1) is 21.9. The maximum atomic E-state index is 15.3. The van der Waals surface area contributed by atoms with Crippen molar-refractivity contribution in [1.82, 2.24) is 9.97 Å². The zero-order valence-corrected chi connectivity index (χ0v) is 25.3. The van der Waals surface area contributed by atoms with Crippen LogP contribution in [-0.4, -0.2) is 55.1 Å².